The summed E-state index contributed by atoms with van der Waals surface area (Å²) >= 11 is 0. The maximum Gasteiger partial charge on any atom is 0.161 e. The molecule has 4 heteroatoms. The van der Waals surface area contributed by atoms with Crippen molar-refractivity contribution in [1.82, 2.24) is 10.2 Å². The zero-order valence-corrected chi connectivity index (χ0v) is 13.7. The van der Waals surface area contributed by atoms with Gasteiger partial charge in [0.1, 0.15) is 0 Å². The van der Waals surface area contributed by atoms with Gasteiger partial charge in [-0.1, -0.05) is 6.07 Å². The van der Waals surface area contributed by atoms with Crippen molar-refractivity contribution >= 4 is 0 Å². The first-order valence-electron chi connectivity index (χ1n) is 7.82. The van der Waals surface area contributed by atoms with Gasteiger partial charge in [0, 0.05) is 25.2 Å². The van der Waals surface area contributed by atoms with Gasteiger partial charge in [-0.15, -0.1) is 0 Å². The molecule has 0 saturated carbocycles. The van der Waals surface area contributed by atoms with E-state index in [0.29, 0.717) is 12.1 Å². The Kier molecular flexibility index (Phi) is 5.88. The summed E-state index contributed by atoms with van der Waals surface area (Å²) in [7, 11) is 3.36. The molecule has 1 heterocycles. The van der Waals surface area contributed by atoms with Crippen LogP contribution in [0.3, 0.4) is 0 Å². The number of ether oxygens (including phenoxy) is 2. The van der Waals surface area contributed by atoms with Gasteiger partial charge in [0.25, 0.3) is 0 Å². The summed E-state index contributed by atoms with van der Waals surface area (Å²) in [6.45, 7) is 7.72. The quantitative estimate of drug-likeness (QED) is 0.838. The minimum absolute atomic E-state index is 0.528. The summed E-state index contributed by atoms with van der Waals surface area (Å²) in [5.41, 5.74) is 1.26. The molecule has 1 aromatic carbocycles. The topological polar surface area (TPSA) is 33.7 Å². The normalized spacial score (nSPS) is 18.5. The van der Waals surface area contributed by atoms with Crippen LogP contribution in [0.15, 0.2) is 18.2 Å². The minimum Gasteiger partial charge on any atom is -0.493 e. The molecule has 0 spiro atoms. The van der Waals surface area contributed by atoms with Crippen LogP contribution < -0.4 is 14.8 Å². The summed E-state index contributed by atoms with van der Waals surface area (Å²) in [5.74, 6) is 1.59. The Morgan fingerprint density at radius 2 is 2.00 bits per heavy atom. The van der Waals surface area contributed by atoms with Gasteiger partial charge in [0.2, 0.25) is 0 Å². The zero-order valence-electron chi connectivity index (χ0n) is 13.7. The Bertz CT molecular complexity index is 442. The second-order valence-electron chi connectivity index (χ2n) is 6.01. The van der Waals surface area contributed by atoms with E-state index < -0.39 is 0 Å². The van der Waals surface area contributed by atoms with E-state index in [0.717, 1.165) is 31.1 Å². The van der Waals surface area contributed by atoms with Crippen LogP contribution in [0.4, 0.5) is 0 Å². The Balaban J connectivity index is 2.05. The van der Waals surface area contributed by atoms with Crippen LogP contribution in [0.1, 0.15) is 32.3 Å². The molecular formula is C17H28N2O2. The van der Waals surface area contributed by atoms with Crippen LogP contribution in [0, 0.1) is 0 Å². The molecule has 21 heavy (non-hydrogen) atoms. The highest BCUT2D eigenvalue weighted by atomic mass is 16.5. The molecule has 0 aromatic heterocycles. The third kappa shape index (κ3) is 4.35. The number of rotatable bonds is 7. The Hall–Kier alpha value is -1.26. The lowest BCUT2D eigenvalue weighted by atomic mass is 10.1. The van der Waals surface area contributed by atoms with E-state index >= 15 is 0 Å². The predicted molar refractivity (Wildman–Crippen MR) is 86.1 cm³/mol. The van der Waals surface area contributed by atoms with Crippen molar-refractivity contribution in [2.24, 2.45) is 0 Å². The number of nitrogens with one attached hydrogen (secondary N) is 1. The summed E-state index contributed by atoms with van der Waals surface area (Å²) in [6, 6.07) is 7.35. The second-order valence-corrected chi connectivity index (χ2v) is 6.01. The fourth-order valence-corrected chi connectivity index (χ4v) is 2.87. The number of hydrogen-bond acceptors (Lipinski definition) is 4. The Labute approximate surface area is 128 Å². The second kappa shape index (κ2) is 7.66. The van der Waals surface area contributed by atoms with E-state index in [4.69, 9.17) is 9.47 Å². The maximum atomic E-state index is 5.40. The van der Waals surface area contributed by atoms with Crippen molar-refractivity contribution in [2.75, 3.05) is 27.3 Å². The van der Waals surface area contributed by atoms with Crippen LogP contribution in [0.25, 0.3) is 0 Å². The number of hydrogen-bond donors (Lipinski definition) is 1. The van der Waals surface area contributed by atoms with Crippen molar-refractivity contribution in [3.63, 3.8) is 0 Å². The number of methoxy groups -OCH3 is 2. The van der Waals surface area contributed by atoms with Gasteiger partial charge in [-0.2, -0.15) is 0 Å². The van der Waals surface area contributed by atoms with Crippen molar-refractivity contribution in [1.29, 1.82) is 0 Å². The van der Waals surface area contributed by atoms with E-state index in [2.05, 4.69) is 36.2 Å². The highest BCUT2D eigenvalue weighted by molar-refractivity contribution is 5.42. The van der Waals surface area contributed by atoms with Gasteiger partial charge in [0.05, 0.1) is 14.2 Å². The summed E-state index contributed by atoms with van der Waals surface area (Å²) in [5, 5.41) is 3.58. The average molecular weight is 292 g/mol. The average Bonchev–Trinajstić information content (AvgIpc) is 2.99. The number of benzene rings is 1. The smallest absolute Gasteiger partial charge is 0.161 e. The lowest BCUT2D eigenvalue weighted by Crippen LogP contribution is -2.40. The van der Waals surface area contributed by atoms with Gasteiger partial charge in [-0.25, -0.2) is 0 Å². The van der Waals surface area contributed by atoms with E-state index in [1.165, 1.54) is 18.4 Å². The lowest BCUT2D eigenvalue weighted by Gasteiger charge is -2.29. The maximum absolute atomic E-state index is 5.40. The van der Waals surface area contributed by atoms with Crippen molar-refractivity contribution < 1.29 is 9.47 Å². The molecule has 1 atom stereocenters. The van der Waals surface area contributed by atoms with Crippen molar-refractivity contribution in [3.05, 3.63) is 23.8 Å². The molecule has 0 amide bonds. The van der Waals surface area contributed by atoms with Crippen LogP contribution in [-0.4, -0.2) is 44.3 Å². The molecule has 1 aromatic rings. The molecule has 0 bridgehead atoms. The molecule has 4 nitrogen and oxygen atoms in total. The fourth-order valence-electron chi connectivity index (χ4n) is 2.87. The van der Waals surface area contributed by atoms with Crippen LogP contribution in [0.5, 0.6) is 11.5 Å². The highest BCUT2D eigenvalue weighted by Gasteiger charge is 2.20. The summed E-state index contributed by atoms with van der Waals surface area (Å²) in [4.78, 5) is 2.52. The molecule has 1 N–H and O–H groups in total. The molecule has 1 unspecified atom stereocenters. The molecule has 1 aliphatic rings. The molecule has 1 saturated heterocycles. The van der Waals surface area contributed by atoms with E-state index in [1.54, 1.807) is 14.2 Å². The molecule has 0 radical (unpaired) electrons. The Morgan fingerprint density at radius 1 is 1.24 bits per heavy atom. The van der Waals surface area contributed by atoms with Crippen LogP contribution >= 0.6 is 0 Å². The predicted octanol–water partition coefficient (Wildman–Crippen LogP) is 2.67. The van der Waals surface area contributed by atoms with E-state index in [1.807, 2.05) is 6.07 Å². The first-order valence-corrected chi connectivity index (χ1v) is 7.82. The molecule has 1 fully saturated rings. The molecule has 1 aliphatic heterocycles. The van der Waals surface area contributed by atoms with E-state index in [-0.39, 0.29) is 0 Å². The van der Waals surface area contributed by atoms with Gasteiger partial charge in [-0.05, 0) is 50.9 Å². The first-order chi connectivity index (χ1) is 10.1. The highest BCUT2D eigenvalue weighted by Crippen LogP contribution is 2.28. The molecule has 0 aliphatic carbocycles. The summed E-state index contributed by atoms with van der Waals surface area (Å²) < 4.78 is 10.7. The largest absolute Gasteiger partial charge is 0.493 e. The standard InChI is InChI=1S/C17H28N2O2/c1-13(2)19(12-15-6-5-9-18-15)11-14-7-8-16(20-3)17(10-14)21-4/h7-8,10,13,15,18H,5-6,9,11-12H2,1-4H3. The third-order valence-electron chi connectivity index (χ3n) is 4.18. The van der Waals surface area contributed by atoms with Crippen LogP contribution in [0.2, 0.25) is 0 Å². The SMILES string of the molecule is COc1ccc(CN(CC2CCCN2)C(C)C)cc1OC. The summed E-state index contributed by atoms with van der Waals surface area (Å²) in [6.07, 6.45) is 2.59. The molecular weight excluding hydrogens is 264 g/mol. The van der Waals surface area contributed by atoms with Crippen molar-refractivity contribution in [2.45, 2.75) is 45.3 Å². The lowest BCUT2D eigenvalue weighted by molar-refractivity contribution is 0.194. The fraction of sp³-hybridized carbons (Fsp3) is 0.647. The van der Waals surface area contributed by atoms with E-state index in [9.17, 15) is 0 Å². The third-order valence-corrected chi connectivity index (χ3v) is 4.18. The Morgan fingerprint density at radius 3 is 2.57 bits per heavy atom. The van der Waals surface area contributed by atoms with Gasteiger partial charge in [-0.3, -0.25) is 4.90 Å². The minimum atomic E-state index is 0.528. The molecule has 2 rings (SSSR count). The van der Waals surface area contributed by atoms with Crippen molar-refractivity contribution in [3.8, 4) is 11.5 Å². The molecule has 118 valence electrons. The zero-order chi connectivity index (χ0) is 15.2. The van der Waals surface area contributed by atoms with Gasteiger partial charge in [0.15, 0.2) is 11.5 Å². The van der Waals surface area contributed by atoms with Crippen LogP contribution in [-0.2, 0) is 6.54 Å². The monoisotopic (exact) mass is 292 g/mol. The first kappa shape index (κ1) is 16.1. The van der Waals surface area contributed by atoms with Gasteiger partial charge < -0.3 is 14.8 Å². The van der Waals surface area contributed by atoms with Gasteiger partial charge >= 0.3 is 0 Å². The number of nitrogens with zero attached hydrogens (tertiary/aromatic N) is 1.